The van der Waals surface area contributed by atoms with Crippen LogP contribution in [0.4, 0.5) is 5.69 Å². The zero-order valence-electron chi connectivity index (χ0n) is 17.3. The number of esters is 1. The standard InChI is InChI=1S/C25H19NO5S/c1-13(31-25(30)20-12-14-6-4-11-19(14)32-20)24(29)26-18-10-5-9-17-21(18)23(28)16-8-3-2-7-15(16)22(17)27/h2-3,5,7-10,12-13H,4,6,11H2,1H3,(H,26,29)/t13-/m0/s1. The number of nitrogens with one attached hydrogen (secondary N) is 1. The molecule has 0 fully saturated rings. The molecule has 1 heterocycles. The molecule has 1 aromatic heterocycles. The second kappa shape index (κ2) is 7.84. The average Bonchev–Trinajstić information content (AvgIpc) is 3.40. The van der Waals surface area contributed by atoms with Gasteiger partial charge in [-0.25, -0.2) is 4.79 Å². The highest BCUT2D eigenvalue weighted by Crippen LogP contribution is 2.33. The minimum absolute atomic E-state index is 0.151. The van der Waals surface area contributed by atoms with Gasteiger partial charge in [0.15, 0.2) is 17.7 Å². The smallest absolute Gasteiger partial charge is 0.349 e. The van der Waals surface area contributed by atoms with Crippen molar-refractivity contribution in [2.24, 2.45) is 0 Å². The Hall–Kier alpha value is -3.58. The van der Waals surface area contributed by atoms with Gasteiger partial charge in [0.1, 0.15) is 4.88 Å². The molecule has 7 heteroatoms. The summed E-state index contributed by atoms with van der Waals surface area (Å²) in [6, 6.07) is 13.2. The van der Waals surface area contributed by atoms with E-state index >= 15 is 0 Å². The molecule has 0 spiro atoms. The van der Waals surface area contributed by atoms with E-state index in [1.165, 1.54) is 28.7 Å². The van der Waals surface area contributed by atoms with Gasteiger partial charge in [0.05, 0.1) is 11.3 Å². The quantitative estimate of drug-likeness (QED) is 0.476. The Labute approximate surface area is 188 Å². The number of ketones is 2. The first-order chi connectivity index (χ1) is 15.4. The number of aryl methyl sites for hydroxylation is 2. The predicted octanol–water partition coefficient (Wildman–Crippen LogP) is 4.20. The van der Waals surface area contributed by atoms with E-state index in [1.807, 2.05) is 6.07 Å². The van der Waals surface area contributed by atoms with E-state index < -0.39 is 18.0 Å². The van der Waals surface area contributed by atoms with Gasteiger partial charge in [0.2, 0.25) is 0 Å². The molecule has 1 N–H and O–H groups in total. The number of rotatable bonds is 4. The van der Waals surface area contributed by atoms with Gasteiger partial charge in [-0.2, -0.15) is 0 Å². The molecule has 1 atom stereocenters. The second-order valence-electron chi connectivity index (χ2n) is 7.88. The van der Waals surface area contributed by atoms with Crippen molar-refractivity contribution in [1.29, 1.82) is 0 Å². The number of amides is 1. The second-order valence-corrected chi connectivity index (χ2v) is 9.02. The highest BCUT2D eigenvalue weighted by molar-refractivity contribution is 7.14. The van der Waals surface area contributed by atoms with Crippen molar-refractivity contribution < 1.29 is 23.9 Å². The van der Waals surface area contributed by atoms with Crippen molar-refractivity contribution in [2.75, 3.05) is 5.32 Å². The van der Waals surface area contributed by atoms with Crippen LogP contribution in [0.3, 0.4) is 0 Å². The summed E-state index contributed by atoms with van der Waals surface area (Å²) in [7, 11) is 0. The molecule has 1 amide bonds. The zero-order valence-corrected chi connectivity index (χ0v) is 18.1. The van der Waals surface area contributed by atoms with Gasteiger partial charge in [0, 0.05) is 21.6 Å². The van der Waals surface area contributed by atoms with E-state index in [2.05, 4.69) is 5.32 Å². The Morgan fingerprint density at radius 1 is 0.969 bits per heavy atom. The molecule has 0 saturated heterocycles. The van der Waals surface area contributed by atoms with Crippen molar-refractivity contribution >= 4 is 40.5 Å². The van der Waals surface area contributed by atoms with E-state index in [1.54, 1.807) is 42.5 Å². The molecule has 160 valence electrons. The maximum atomic E-state index is 13.1. The zero-order chi connectivity index (χ0) is 22.4. The summed E-state index contributed by atoms with van der Waals surface area (Å²) < 4.78 is 5.36. The summed E-state index contributed by atoms with van der Waals surface area (Å²) >= 11 is 1.41. The van der Waals surface area contributed by atoms with Gasteiger partial charge in [-0.1, -0.05) is 36.4 Å². The first-order valence-corrected chi connectivity index (χ1v) is 11.2. The fourth-order valence-corrected chi connectivity index (χ4v) is 5.32. The maximum Gasteiger partial charge on any atom is 0.349 e. The number of hydrogen-bond donors (Lipinski definition) is 1. The molecule has 2 aliphatic rings. The van der Waals surface area contributed by atoms with Crippen LogP contribution in [0.2, 0.25) is 0 Å². The van der Waals surface area contributed by atoms with Crippen molar-refractivity contribution in [1.82, 2.24) is 0 Å². The monoisotopic (exact) mass is 445 g/mol. The van der Waals surface area contributed by atoms with Crippen LogP contribution in [0.5, 0.6) is 0 Å². The third kappa shape index (κ3) is 3.35. The van der Waals surface area contributed by atoms with E-state index in [0.29, 0.717) is 16.0 Å². The van der Waals surface area contributed by atoms with E-state index in [9.17, 15) is 19.2 Å². The van der Waals surface area contributed by atoms with E-state index in [0.717, 1.165) is 19.3 Å². The molecular formula is C25H19NO5S. The topological polar surface area (TPSA) is 89.5 Å². The van der Waals surface area contributed by atoms with Crippen molar-refractivity contribution in [3.8, 4) is 0 Å². The first-order valence-electron chi connectivity index (χ1n) is 10.4. The molecule has 0 aliphatic heterocycles. The van der Waals surface area contributed by atoms with Gasteiger partial charge in [-0.3, -0.25) is 14.4 Å². The fourth-order valence-electron chi connectivity index (χ4n) is 4.19. The number of anilines is 1. The summed E-state index contributed by atoms with van der Waals surface area (Å²) in [5, 5.41) is 2.66. The van der Waals surface area contributed by atoms with Crippen LogP contribution in [0, 0.1) is 0 Å². The van der Waals surface area contributed by atoms with Crippen molar-refractivity contribution in [2.45, 2.75) is 32.3 Å². The lowest BCUT2D eigenvalue weighted by Gasteiger charge is -2.21. The molecule has 0 radical (unpaired) electrons. The molecule has 2 aromatic carbocycles. The van der Waals surface area contributed by atoms with Crippen LogP contribution in [0.1, 0.15) is 65.3 Å². The Bertz CT molecular complexity index is 1280. The van der Waals surface area contributed by atoms with E-state index in [4.69, 9.17) is 4.74 Å². The third-order valence-corrected chi connectivity index (χ3v) is 7.03. The number of benzene rings is 2. The van der Waals surface area contributed by atoms with Crippen LogP contribution in [0.25, 0.3) is 0 Å². The lowest BCUT2D eigenvalue weighted by Crippen LogP contribution is -2.31. The van der Waals surface area contributed by atoms with Gasteiger partial charge >= 0.3 is 5.97 Å². The van der Waals surface area contributed by atoms with Crippen LogP contribution >= 0.6 is 11.3 Å². The molecule has 32 heavy (non-hydrogen) atoms. The lowest BCUT2D eigenvalue weighted by atomic mass is 9.83. The Morgan fingerprint density at radius 2 is 1.69 bits per heavy atom. The highest BCUT2D eigenvalue weighted by Gasteiger charge is 2.32. The molecule has 5 rings (SSSR count). The van der Waals surface area contributed by atoms with Crippen LogP contribution in [0.15, 0.2) is 48.5 Å². The summed E-state index contributed by atoms with van der Waals surface area (Å²) in [4.78, 5) is 52.9. The summed E-state index contributed by atoms with van der Waals surface area (Å²) in [6.45, 7) is 1.48. The predicted molar refractivity (Wildman–Crippen MR) is 120 cm³/mol. The Balaban J connectivity index is 1.35. The maximum absolute atomic E-state index is 13.1. The molecule has 0 bridgehead atoms. The minimum Gasteiger partial charge on any atom is -0.448 e. The third-order valence-electron chi connectivity index (χ3n) is 5.81. The summed E-state index contributed by atoms with van der Waals surface area (Å²) in [6.07, 6.45) is 1.96. The van der Waals surface area contributed by atoms with E-state index in [-0.39, 0.29) is 28.4 Å². The first kappa shape index (κ1) is 20.3. The molecule has 6 nitrogen and oxygen atoms in total. The Kier molecular flexibility index (Phi) is 4.98. The number of hydrogen-bond acceptors (Lipinski definition) is 6. The Morgan fingerprint density at radius 3 is 2.44 bits per heavy atom. The minimum atomic E-state index is -1.07. The largest absolute Gasteiger partial charge is 0.448 e. The van der Waals surface area contributed by atoms with Crippen molar-refractivity contribution in [3.05, 3.63) is 86.1 Å². The highest BCUT2D eigenvalue weighted by atomic mass is 32.1. The SMILES string of the molecule is C[C@H](OC(=O)c1cc2c(s1)CCC2)C(=O)Nc1cccc2c1C(=O)c1ccccc1C2=O. The number of carbonyl (C=O) groups excluding carboxylic acids is 4. The number of thiophene rings is 1. The summed E-state index contributed by atoms with van der Waals surface area (Å²) in [5.41, 5.74) is 2.44. The fraction of sp³-hybridized carbons (Fsp3) is 0.200. The molecule has 3 aromatic rings. The molecule has 0 saturated carbocycles. The lowest BCUT2D eigenvalue weighted by molar-refractivity contribution is -0.123. The molecule has 2 aliphatic carbocycles. The van der Waals surface area contributed by atoms with Gasteiger partial charge in [-0.15, -0.1) is 11.3 Å². The van der Waals surface area contributed by atoms with Gasteiger partial charge < -0.3 is 10.1 Å². The molecule has 0 unspecified atom stereocenters. The molecular weight excluding hydrogens is 426 g/mol. The number of fused-ring (bicyclic) bond motifs is 3. The number of carbonyl (C=O) groups is 4. The van der Waals surface area contributed by atoms with Gasteiger partial charge in [-0.05, 0) is 43.9 Å². The van der Waals surface area contributed by atoms with Gasteiger partial charge in [0.25, 0.3) is 5.91 Å². The number of ether oxygens (including phenoxy) is 1. The van der Waals surface area contributed by atoms with Crippen LogP contribution < -0.4 is 5.32 Å². The average molecular weight is 445 g/mol. The summed E-state index contributed by atoms with van der Waals surface area (Å²) in [5.74, 6) is -1.71. The van der Waals surface area contributed by atoms with Crippen LogP contribution in [-0.2, 0) is 22.4 Å². The van der Waals surface area contributed by atoms with Crippen molar-refractivity contribution in [3.63, 3.8) is 0 Å². The normalized spacial score (nSPS) is 14.9. The van der Waals surface area contributed by atoms with Crippen LogP contribution in [-0.4, -0.2) is 29.5 Å².